The SMILES string of the molecule is O=CCCCN1CC[C@@H]2[C@@H](C1)c1cc(F)ccc1N2c1ccc(F)cc1. The summed E-state index contributed by atoms with van der Waals surface area (Å²) in [6, 6.07) is 11.8. The molecule has 2 aliphatic rings. The number of aldehydes is 1. The molecule has 5 heteroatoms. The van der Waals surface area contributed by atoms with Crippen molar-refractivity contribution in [3.05, 3.63) is 59.7 Å². The Morgan fingerprint density at radius 2 is 1.85 bits per heavy atom. The predicted octanol–water partition coefficient (Wildman–Crippen LogP) is 4.25. The van der Waals surface area contributed by atoms with Crippen LogP contribution in [0.2, 0.25) is 0 Å². The Hall–Kier alpha value is -2.27. The normalized spacial score (nSPS) is 22.2. The molecule has 2 aromatic carbocycles. The van der Waals surface area contributed by atoms with Gasteiger partial charge in [0.15, 0.2) is 0 Å². The van der Waals surface area contributed by atoms with Crippen LogP contribution in [0.4, 0.5) is 20.2 Å². The van der Waals surface area contributed by atoms with Crippen molar-refractivity contribution in [2.45, 2.75) is 31.2 Å². The number of unbranched alkanes of at least 4 members (excludes halogenated alkanes) is 1. The Morgan fingerprint density at radius 3 is 2.62 bits per heavy atom. The summed E-state index contributed by atoms with van der Waals surface area (Å²) in [4.78, 5) is 15.2. The molecule has 1 fully saturated rings. The van der Waals surface area contributed by atoms with E-state index >= 15 is 0 Å². The van der Waals surface area contributed by atoms with E-state index in [1.807, 2.05) is 6.07 Å². The molecule has 26 heavy (non-hydrogen) atoms. The van der Waals surface area contributed by atoms with Gasteiger partial charge in [-0.3, -0.25) is 0 Å². The van der Waals surface area contributed by atoms with Gasteiger partial charge in [-0.2, -0.15) is 0 Å². The van der Waals surface area contributed by atoms with Gasteiger partial charge in [-0.25, -0.2) is 8.78 Å². The number of rotatable bonds is 5. The number of hydrogen-bond acceptors (Lipinski definition) is 3. The topological polar surface area (TPSA) is 23.6 Å². The highest BCUT2D eigenvalue weighted by atomic mass is 19.1. The summed E-state index contributed by atoms with van der Waals surface area (Å²) in [6.07, 6.45) is 3.36. The Morgan fingerprint density at radius 1 is 1.08 bits per heavy atom. The summed E-state index contributed by atoms with van der Waals surface area (Å²) >= 11 is 0. The lowest BCUT2D eigenvalue weighted by atomic mass is 9.89. The Bertz CT molecular complexity index is 793. The maximum absolute atomic E-state index is 13.9. The van der Waals surface area contributed by atoms with Crippen molar-refractivity contribution in [2.75, 3.05) is 24.5 Å². The minimum Gasteiger partial charge on any atom is -0.337 e. The maximum atomic E-state index is 13.9. The van der Waals surface area contributed by atoms with E-state index in [0.717, 1.165) is 55.7 Å². The molecular formula is C21H22F2N2O. The number of likely N-dealkylation sites (tertiary alicyclic amines) is 1. The molecule has 0 saturated carbocycles. The second-order valence-electron chi connectivity index (χ2n) is 7.12. The summed E-state index contributed by atoms with van der Waals surface area (Å²) in [6.45, 7) is 2.70. The standard InChI is InChI=1S/C21H22F2N2O/c22-15-3-6-17(7-4-15)25-20-8-5-16(23)13-18(20)19-14-24(10-1-2-12-26)11-9-21(19)25/h3-8,12-13,19,21H,1-2,9-11,14H2/t19-,21+/m0/s1. The number of hydrogen-bond donors (Lipinski definition) is 0. The molecule has 0 spiro atoms. The molecule has 136 valence electrons. The molecule has 2 heterocycles. The van der Waals surface area contributed by atoms with E-state index in [0.29, 0.717) is 6.42 Å². The molecule has 4 rings (SSSR count). The van der Waals surface area contributed by atoms with E-state index in [-0.39, 0.29) is 23.6 Å². The first kappa shape index (κ1) is 17.2. The van der Waals surface area contributed by atoms with Crippen LogP contribution in [0.5, 0.6) is 0 Å². The molecule has 2 aliphatic heterocycles. The maximum Gasteiger partial charge on any atom is 0.123 e. The molecule has 2 atom stereocenters. The van der Waals surface area contributed by atoms with Gasteiger partial charge in [-0.05, 0) is 67.4 Å². The Balaban J connectivity index is 1.64. The first-order valence-corrected chi connectivity index (χ1v) is 9.17. The lowest BCUT2D eigenvalue weighted by molar-refractivity contribution is -0.108. The van der Waals surface area contributed by atoms with E-state index in [1.54, 1.807) is 18.2 Å². The zero-order chi connectivity index (χ0) is 18.1. The van der Waals surface area contributed by atoms with Crippen molar-refractivity contribution < 1.29 is 13.6 Å². The monoisotopic (exact) mass is 356 g/mol. The third kappa shape index (κ3) is 3.12. The van der Waals surface area contributed by atoms with Crippen molar-refractivity contribution in [1.29, 1.82) is 0 Å². The van der Waals surface area contributed by atoms with Gasteiger partial charge in [0.25, 0.3) is 0 Å². The van der Waals surface area contributed by atoms with Crippen molar-refractivity contribution in [1.82, 2.24) is 4.90 Å². The van der Waals surface area contributed by atoms with Crippen LogP contribution in [0.1, 0.15) is 30.7 Å². The molecule has 0 N–H and O–H groups in total. The van der Waals surface area contributed by atoms with Crippen molar-refractivity contribution in [3.8, 4) is 0 Å². The largest absolute Gasteiger partial charge is 0.337 e. The second-order valence-corrected chi connectivity index (χ2v) is 7.12. The fraction of sp³-hybridized carbons (Fsp3) is 0.381. The highest BCUT2D eigenvalue weighted by Crippen LogP contribution is 2.48. The second kappa shape index (κ2) is 7.16. The number of halogens is 2. The smallest absolute Gasteiger partial charge is 0.123 e. The summed E-state index contributed by atoms with van der Waals surface area (Å²) in [5.41, 5.74) is 2.99. The number of fused-ring (bicyclic) bond motifs is 3. The lowest BCUT2D eigenvalue weighted by Crippen LogP contribution is -2.45. The average molecular weight is 356 g/mol. The highest BCUT2D eigenvalue weighted by Gasteiger charge is 2.42. The van der Waals surface area contributed by atoms with Crippen LogP contribution in [-0.2, 0) is 4.79 Å². The third-order valence-electron chi connectivity index (χ3n) is 5.54. The third-order valence-corrected chi connectivity index (χ3v) is 5.54. The first-order chi connectivity index (χ1) is 12.7. The molecule has 0 radical (unpaired) electrons. The van der Waals surface area contributed by atoms with Gasteiger partial charge in [0, 0.05) is 42.8 Å². The number of nitrogens with zero attached hydrogens (tertiary/aromatic N) is 2. The molecule has 0 amide bonds. The van der Waals surface area contributed by atoms with Gasteiger partial charge in [0.1, 0.15) is 17.9 Å². The minimum atomic E-state index is -0.256. The van der Waals surface area contributed by atoms with Gasteiger partial charge in [-0.15, -0.1) is 0 Å². The molecule has 0 unspecified atom stereocenters. The van der Waals surface area contributed by atoms with Crippen LogP contribution in [0.15, 0.2) is 42.5 Å². The summed E-state index contributed by atoms with van der Waals surface area (Å²) < 4.78 is 27.3. The van der Waals surface area contributed by atoms with Crippen molar-refractivity contribution in [2.24, 2.45) is 0 Å². The minimum absolute atomic E-state index is 0.218. The van der Waals surface area contributed by atoms with Crippen molar-refractivity contribution >= 4 is 17.7 Å². The number of benzene rings is 2. The van der Waals surface area contributed by atoms with E-state index in [1.165, 1.54) is 18.2 Å². The predicted molar refractivity (Wildman–Crippen MR) is 97.8 cm³/mol. The lowest BCUT2D eigenvalue weighted by Gasteiger charge is -2.39. The van der Waals surface area contributed by atoms with Crippen LogP contribution in [0.25, 0.3) is 0 Å². The first-order valence-electron chi connectivity index (χ1n) is 9.17. The van der Waals surface area contributed by atoms with Gasteiger partial charge in [0.2, 0.25) is 0 Å². The highest BCUT2D eigenvalue weighted by molar-refractivity contribution is 5.73. The zero-order valence-corrected chi connectivity index (χ0v) is 14.6. The fourth-order valence-corrected chi connectivity index (χ4v) is 4.38. The number of carbonyl (C=O) groups excluding carboxylic acids is 1. The van der Waals surface area contributed by atoms with Crippen LogP contribution in [0, 0.1) is 11.6 Å². The fourth-order valence-electron chi connectivity index (χ4n) is 4.38. The van der Waals surface area contributed by atoms with Gasteiger partial charge in [0.05, 0.1) is 0 Å². The van der Waals surface area contributed by atoms with Crippen LogP contribution >= 0.6 is 0 Å². The number of anilines is 2. The summed E-state index contributed by atoms with van der Waals surface area (Å²) in [5.74, 6) is -0.258. The molecule has 0 bridgehead atoms. The molecule has 2 aromatic rings. The Labute approximate surface area is 152 Å². The van der Waals surface area contributed by atoms with Gasteiger partial charge < -0.3 is 14.6 Å². The van der Waals surface area contributed by atoms with E-state index < -0.39 is 0 Å². The molecule has 3 nitrogen and oxygen atoms in total. The number of piperidine rings is 1. The quantitative estimate of drug-likeness (QED) is 0.591. The van der Waals surface area contributed by atoms with Gasteiger partial charge in [-0.1, -0.05) is 0 Å². The van der Waals surface area contributed by atoms with E-state index in [4.69, 9.17) is 0 Å². The van der Waals surface area contributed by atoms with E-state index in [9.17, 15) is 13.6 Å². The molecule has 0 aliphatic carbocycles. The molecular weight excluding hydrogens is 334 g/mol. The average Bonchev–Trinajstić information content (AvgIpc) is 2.96. The van der Waals surface area contributed by atoms with E-state index in [2.05, 4.69) is 9.80 Å². The van der Waals surface area contributed by atoms with Gasteiger partial charge >= 0.3 is 0 Å². The van der Waals surface area contributed by atoms with Crippen LogP contribution < -0.4 is 4.90 Å². The Kier molecular flexibility index (Phi) is 4.72. The molecule has 0 aromatic heterocycles. The van der Waals surface area contributed by atoms with Crippen LogP contribution in [-0.4, -0.2) is 36.9 Å². The summed E-state index contributed by atoms with van der Waals surface area (Å²) in [7, 11) is 0. The summed E-state index contributed by atoms with van der Waals surface area (Å²) in [5, 5.41) is 0. The number of carbonyl (C=O) groups is 1. The van der Waals surface area contributed by atoms with Crippen molar-refractivity contribution in [3.63, 3.8) is 0 Å². The molecule has 1 saturated heterocycles. The van der Waals surface area contributed by atoms with Crippen LogP contribution in [0.3, 0.4) is 0 Å². The zero-order valence-electron chi connectivity index (χ0n) is 14.6.